The van der Waals surface area contributed by atoms with Crippen LogP contribution in [0, 0.1) is 0 Å². The first-order valence-electron chi connectivity index (χ1n) is 40.3. The average molecular weight is 1240 g/mol. The fourth-order valence-corrected chi connectivity index (χ4v) is 12.8. The smallest absolute Gasteiger partial charge is 0.305 e. The number of carbonyl (C=O) groups excluding carboxylic acids is 2. The third-order valence-corrected chi connectivity index (χ3v) is 18.9. The van der Waals surface area contributed by atoms with Gasteiger partial charge in [0.05, 0.1) is 25.4 Å². The molecular weight excluding hydrogens is 1080 g/mol. The number of ether oxygens (including phenoxy) is 1. The Bertz CT molecular complexity index is 1430. The molecule has 0 radical (unpaired) electrons. The molecule has 3 N–H and O–H groups in total. The van der Waals surface area contributed by atoms with E-state index in [0.29, 0.717) is 19.4 Å². The van der Waals surface area contributed by atoms with Crippen LogP contribution < -0.4 is 5.32 Å². The number of aliphatic hydroxyl groups excluding tert-OH is 2. The van der Waals surface area contributed by atoms with Gasteiger partial charge in [0.25, 0.3) is 0 Å². The monoisotopic (exact) mass is 1240 g/mol. The number of allylic oxidation sites excluding steroid dienone is 5. The first-order valence-corrected chi connectivity index (χ1v) is 40.3. The third-order valence-electron chi connectivity index (χ3n) is 18.9. The molecule has 6 nitrogen and oxygen atoms in total. The normalized spacial score (nSPS) is 12.6. The fraction of sp³-hybridized carbons (Fsp3) is 0.902. The Morgan fingerprint density at radius 2 is 0.568 bits per heavy atom. The Balaban J connectivity index is 3.38. The van der Waals surface area contributed by atoms with Gasteiger partial charge in [0.1, 0.15) is 0 Å². The molecule has 0 heterocycles. The van der Waals surface area contributed by atoms with Crippen molar-refractivity contribution in [2.45, 2.75) is 463 Å². The number of rotatable bonds is 76. The number of esters is 1. The summed E-state index contributed by atoms with van der Waals surface area (Å²) in [6.45, 7) is 4.96. The highest BCUT2D eigenvalue weighted by atomic mass is 16.5. The maximum atomic E-state index is 12.5. The molecular formula is C82H157NO5. The first kappa shape index (κ1) is 86.1. The molecule has 0 aromatic rings. The predicted octanol–water partition coefficient (Wildman–Crippen LogP) is 26.6. The maximum absolute atomic E-state index is 12.5. The molecule has 0 bridgehead atoms. The number of carbonyl (C=O) groups is 2. The van der Waals surface area contributed by atoms with E-state index in [4.69, 9.17) is 4.74 Å². The SMILES string of the molecule is CCCCCCCCCCCCCCCCCCC/C=C/C(O)C(CO)NC(=O)CCCCCCCCCCCCCCCCCCC/C=C\C/C=C\CCCCCCCCCCCCCOC(=O)CCCCCCCCCCCCCCCCCCC. The van der Waals surface area contributed by atoms with Crippen LogP contribution in [0.25, 0.3) is 0 Å². The highest BCUT2D eigenvalue weighted by Gasteiger charge is 2.18. The van der Waals surface area contributed by atoms with Crippen molar-refractivity contribution in [3.05, 3.63) is 36.5 Å². The molecule has 0 aromatic heterocycles. The van der Waals surface area contributed by atoms with Crippen molar-refractivity contribution in [1.29, 1.82) is 0 Å². The van der Waals surface area contributed by atoms with Gasteiger partial charge in [-0.1, -0.05) is 410 Å². The Labute approximate surface area is 551 Å². The van der Waals surface area contributed by atoms with E-state index in [1.54, 1.807) is 6.08 Å². The third kappa shape index (κ3) is 73.1. The molecule has 1 amide bonds. The summed E-state index contributed by atoms with van der Waals surface area (Å²) in [6, 6.07) is -0.627. The lowest BCUT2D eigenvalue weighted by Gasteiger charge is -2.20. The van der Waals surface area contributed by atoms with Gasteiger partial charge in [-0.3, -0.25) is 9.59 Å². The number of hydrogen-bond acceptors (Lipinski definition) is 5. The van der Waals surface area contributed by atoms with Crippen LogP contribution in [0.1, 0.15) is 450 Å². The summed E-state index contributed by atoms with van der Waals surface area (Å²) in [5, 5.41) is 23.3. The van der Waals surface area contributed by atoms with E-state index in [2.05, 4.69) is 43.5 Å². The molecule has 0 aromatic carbocycles. The minimum absolute atomic E-state index is 0.0213. The molecule has 2 unspecified atom stereocenters. The van der Waals surface area contributed by atoms with Crippen LogP contribution in [0.4, 0.5) is 0 Å². The van der Waals surface area contributed by atoms with Gasteiger partial charge in [-0.15, -0.1) is 0 Å². The van der Waals surface area contributed by atoms with Crippen molar-refractivity contribution < 1.29 is 24.5 Å². The topological polar surface area (TPSA) is 95.9 Å². The summed E-state index contributed by atoms with van der Waals surface area (Å²) < 4.78 is 5.51. The minimum Gasteiger partial charge on any atom is -0.466 e. The van der Waals surface area contributed by atoms with Crippen molar-refractivity contribution in [1.82, 2.24) is 5.32 Å². The number of unbranched alkanes of at least 4 members (excludes halogenated alkanes) is 61. The second-order valence-electron chi connectivity index (χ2n) is 27.8. The zero-order chi connectivity index (χ0) is 63.5. The highest BCUT2D eigenvalue weighted by molar-refractivity contribution is 5.76. The van der Waals surface area contributed by atoms with Gasteiger partial charge in [0.15, 0.2) is 0 Å². The molecule has 0 rings (SSSR count). The van der Waals surface area contributed by atoms with Crippen molar-refractivity contribution >= 4 is 11.9 Å². The Morgan fingerprint density at radius 3 is 0.864 bits per heavy atom. The maximum Gasteiger partial charge on any atom is 0.305 e. The highest BCUT2D eigenvalue weighted by Crippen LogP contribution is 2.20. The van der Waals surface area contributed by atoms with E-state index in [9.17, 15) is 19.8 Å². The summed E-state index contributed by atoms with van der Waals surface area (Å²) in [7, 11) is 0. The Hall–Kier alpha value is -1.92. The lowest BCUT2D eigenvalue weighted by atomic mass is 10.0. The van der Waals surface area contributed by atoms with Crippen LogP contribution in [-0.2, 0) is 14.3 Å². The van der Waals surface area contributed by atoms with Crippen LogP contribution in [-0.4, -0.2) is 47.4 Å². The Morgan fingerprint density at radius 1 is 0.318 bits per heavy atom. The van der Waals surface area contributed by atoms with Gasteiger partial charge in [0, 0.05) is 12.8 Å². The molecule has 88 heavy (non-hydrogen) atoms. The number of aliphatic hydroxyl groups is 2. The summed E-state index contributed by atoms with van der Waals surface area (Å²) >= 11 is 0. The van der Waals surface area contributed by atoms with Crippen molar-refractivity contribution in [2.75, 3.05) is 13.2 Å². The zero-order valence-electron chi connectivity index (χ0n) is 59.7. The van der Waals surface area contributed by atoms with E-state index >= 15 is 0 Å². The van der Waals surface area contributed by atoms with Crippen LogP contribution in [0.3, 0.4) is 0 Å². The summed E-state index contributed by atoms with van der Waals surface area (Å²) in [4.78, 5) is 24.6. The lowest BCUT2D eigenvalue weighted by Crippen LogP contribution is -2.45. The van der Waals surface area contributed by atoms with Crippen LogP contribution >= 0.6 is 0 Å². The van der Waals surface area contributed by atoms with Gasteiger partial charge >= 0.3 is 5.97 Å². The van der Waals surface area contributed by atoms with Gasteiger partial charge in [-0.25, -0.2) is 0 Å². The van der Waals surface area contributed by atoms with Gasteiger partial charge in [-0.05, 0) is 64.2 Å². The molecule has 0 saturated heterocycles. The van der Waals surface area contributed by atoms with E-state index in [1.165, 1.54) is 379 Å². The van der Waals surface area contributed by atoms with Crippen LogP contribution in [0.15, 0.2) is 36.5 Å². The second kappa shape index (κ2) is 77.5. The largest absolute Gasteiger partial charge is 0.466 e. The van der Waals surface area contributed by atoms with Crippen LogP contribution in [0.5, 0.6) is 0 Å². The molecule has 0 saturated carbocycles. The molecule has 0 aliphatic carbocycles. The summed E-state index contributed by atoms with van der Waals surface area (Å²) in [5.41, 5.74) is 0. The van der Waals surface area contributed by atoms with Gasteiger partial charge in [0.2, 0.25) is 5.91 Å². The van der Waals surface area contributed by atoms with Crippen molar-refractivity contribution in [3.8, 4) is 0 Å². The molecule has 0 fully saturated rings. The molecule has 0 aliphatic rings. The summed E-state index contributed by atoms with van der Waals surface area (Å²) in [6.07, 6.45) is 101. The molecule has 2 atom stereocenters. The average Bonchev–Trinajstić information content (AvgIpc) is 3.58. The quantitative estimate of drug-likeness (QED) is 0.0320. The number of nitrogens with one attached hydrogen (secondary N) is 1. The van der Waals surface area contributed by atoms with E-state index in [0.717, 1.165) is 44.9 Å². The second-order valence-corrected chi connectivity index (χ2v) is 27.8. The van der Waals surface area contributed by atoms with Gasteiger partial charge < -0.3 is 20.3 Å². The lowest BCUT2D eigenvalue weighted by molar-refractivity contribution is -0.143. The Kier molecular flexibility index (Phi) is 75.8. The molecule has 6 heteroatoms. The van der Waals surface area contributed by atoms with Crippen molar-refractivity contribution in [2.24, 2.45) is 0 Å². The standard InChI is InChI=1S/C82H157NO5/c1-3-5-7-9-11-13-15-17-19-21-39-43-46-50-54-58-62-66-70-74-80(85)79(78-84)83-81(86)75-71-67-63-59-55-51-47-44-40-37-35-33-31-29-27-25-23-22-24-26-28-30-32-34-36-38-41-45-49-53-57-61-65-69-73-77-88-82(87)76-72-68-64-60-56-52-48-42-20-18-16-14-12-10-8-6-4-2/h24,26,30,32,70,74,79-80,84-85H,3-23,25,27-29,31,33-69,71-73,75-78H2,1-2H3,(H,83,86)/b26-24-,32-30-,74-70+. The van der Waals surface area contributed by atoms with E-state index < -0.39 is 12.1 Å². The minimum atomic E-state index is -0.844. The molecule has 0 spiro atoms. The predicted molar refractivity (Wildman–Crippen MR) is 389 cm³/mol. The van der Waals surface area contributed by atoms with E-state index in [-0.39, 0.29) is 18.5 Å². The first-order chi connectivity index (χ1) is 43.5. The van der Waals surface area contributed by atoms with Gasteiger partial charge in [-0.2, -0.15) is 0 Å². The van der Waals surface area contributed by atoms with Crippen LogP contribution in [0.2, 0.25) is 0 Å². The molecule has 520 valence electrons. The molecule has 0 aliphatic heterocycles. The zero-order valence-corrected chi connectivity index (χ0v) is 59.7. The van der Waals surface area contributed by atoms with E-state index in [1.807, 2.05) is 6.08 Å². The number of hydrogen-bond donors (Lipinski definition) is 3. The number of amides is 1. The fourth-order valence-electron chi connectivity index (χ4n) is 12.8. The summed E-state index contributed by atoms with van der Waals surface area (Å²) in [5.74, 6) is -0.0403. The van der Waals surface area contributed by atoms with Crippen molar-refractivity contribution in [3.63, 3.8) is 0 Å².